The second-order valence-corrected chi connectivity index (χ2v) is 8.44. The van der Waals surface area contributed by atoms with E-state index in [1.54, 1.807) is 6.07 Å². The number of carbonyl (C=O) groups excluding carboxylic acids is 1. The highest BCUT2D eigenvalue weighted by Gasteiger charge is 2.25. The van der Waals surface area contributed by atoms with Gasteiger partial charge in [0, 0.05) is 19.0 Å². The van der Waals surface area contributed by atoms with Crippen LogP contribution in [0, 0.1) is 17.7 Å². The van der Waals surface area contributed by atoms with Crippen molar-refractivity contribution in [2.24, 2.45) is 11.8 Å². The number of hydrogen-bond donors (Lipinski definition) is 4. The normalized spacial score (nSPS) is 19.6. The van der Waals surface area contributed by atoms with Crippen molar-refractivity contribution < 1.29 is 34.0 Å². The summed E-state index contributed by atoms with van der Waals surface area (Å²) in [4.78, 5) is 24.6. The van der Waals surface area contributed by atoms with Crippen LogP contribution in [-0.2, 0) is 4.79 Å². The van der Waals surface area contributed by atoms with Crippen molar-refractivity contribution >= 4 is 17.6 Å². The summed E-state index contributed by atoms with van der Waals surface area (Å²) >= 11 is 0. The first-order chi connectivity index (χ1) is 15.4. The molecule has 0 bridgehead atoms. The highest BCUT2D eigenvalue weighted by Crippen LogP contribution is 2.32. The Morgan fingerprint density at radius 3 is 2.47 bits per heavy atom. The number of aliphatic hydroxyl groups excluding tert-OH is 2. The fraction of sp³-hybridized carbons (Fsp3) is 0.565. The first kappa shape index (κ1) is 24.0. The molecule has 1 atom stereocenters. The van der Waals surface area contributed by atoms with Crippen LogP contribution >= 0.6 is 0 Å². The molecule has 0 saturated carbocycles. The van der Waals surface area contributed by atoms with E-state index in [-0.39, 0.29) is 36.7 Å². The molecule has 3 rings (SSSR count). The maximum Gasteiger partial charge on any atom is 0.407 e. The van der Waals surface area contributed by atoms with E-state index in [4.69, 9.17) is 20.1 Å². The zero-order valence-corrected chi connectivity index (χ0v) is 18.0. The van der Waals surface area contributed by atoms with Crippen molar-refractivity contribution in [2.75, 3.05) is 32.9 Å². The molecule has 8 nitrogen and oxygen atoms in total. The lowest BCUT2D eigenvalue weighted by Gasteiger charge is -2.29. The number of aliphatic hydroxyl groups is 2. The summed E-state index contributed by atoms with van der Waals surface area (Å²) in [6.45, 7) is 0.666. The van der Waals surface area contributed by atoms with Crippen molar-refractivity contribution in [3.8, 4) is 5.75 Å². The third-order valence-electron chi connectivity index (χ3n) is 6.23. The summed E-state index contributed by atoms with van der Waals surface area (Å²) in [5.41, 5.74) is 1.73. The second kappa shape index (κ2) is 11.3. The number of carboxylic acid groups (broad SMARTS) is 1. The Morgan fingerprint density at radius 1 is 1.19 bits per heavy atom. The Kier molecular flexibility index (Phi) is 8.46. The Balaban J connectivity index is 1.51. The largest absolute Gasteiger partial charge is 0.490 e. The Hall–Kier alpha value is -2.65. The number of halogens is 1. The quantitative estimate of drug-likeness (QED) is 0.482. The Morgan fingerprint density at radius 2 is 1.91 bits per heavy atom. The van der Waals surface area contributed by atoms with Gasteiger partial charge in [0.1, 0.15) is 0 Å². The van der Waals surface area contributed by atoms with E-state index in [0.29, 0.717) is 51.8 Å². The molecule has 2 aliphatic rings. The molecule has 0 aromatic heterocycles. The predicted octanol–water partition coefficient (Wildman–Crippen LogP) is 2.25. The summed E-state index contributed by atoms with van der Waals surface area (Å²) in [7, 11) is 0. The van der Waals surface area contributed by atoms with Gasteiger partial charge in [-0.3, -0.25) is 4.79 Å². The zero-order valence-electron chi connectivity index (χ0n) is 18.0. The minimum Gasteiger partial charge on any atom is -0.490 e. The standard InChI is InChI=1S/C23H31FN2O6/c24-20-11-18(16-1-3-17(4-2-16)22(29)25-19(12-27)13-28)5-6-21(20)32-14-15-7-9-26(10-8-15)23(30)31/h1,5-6,11,15,17,19,27-28H,2-4,7-10,12-14H2,(H,25,29)(H,30,31). The number of amides is 2. The SMILES string of the molecule is O=C(NC(CO)CO)C1CC=C(c2ccc(OCC3CCN(C(=O)O)CC3)c(F)c2)CC1. The number of allylic oxidation sites excluding steroid dienone is 2. The van der Waals surface area contributed by atoms with Crippen LogP contribution in [0.3, 0.4) is 0 Å². The molecule has 1 unspecified atom stereocenters. The highest BCUT2D eigenvalue weighted by molar-refractivity contribution is 5.81. The van der Waals surface area contributed by atoms with Gasteiger partial charge in [0.05, 0.1) is 25.9 Å². The van der Waals surface area contributed by atoms with Crippen LogP contribution in [0.15, 0.2) is 24.3 Å². The van der Waals surface area contributed by atoms with E-state index < -0.39 is 18.0 Å². The number of carbonyl (C=O) groups is 2. The molecule has 1 aliphatic heterocycles. The van der Waals surface area contributed by atoms with Crippen LogP contribution in [-0.4, -0.2) is 71.2 Å². The highest BCUT2D eigenvalue weighted by atomic mass is 19.1. The van der Waals surface area contributed by atoms with Gasteiger partial charge in [-0.05, 0) is 61.3 Å². The number of ether oxygens (including phenoxy) is 1. The minimum absolute atomic E-state index is 0.183. The van der Waals surface area contributed by atoms with Crippen molar-refractivity contribution in [1.29, 1.82) is 0 Å². The van der Waals surface area contributed by atoms with E-state index >= 15 is 0 Å². The van der Waals surface area contributed by atoms with E-state index in [9.17, 15) is 14.0 Å². The van der Waals surface area contributed by atoms with Crippen molar-refractivity contribution in [3.05, 3.63) is 35.7 Å². The lowest BCUT2D eigenvalue weighted by atomic mass is 9.86. The molecule has 1 fully saturated rings. The van der Waals surface area contributed by atoms with Gasteiger partial charge in [-0.2, -0.15) is 0 Å². The molecule has 0 radical (unpaired) electrons. The van der Waals surface area contributed by atoms with Crippen LogP contribution in [0.5, 0.6) is 5.75 Å². The number of piperidine rings is 1. The van der Waals surface area contributed by atoms with Crippen LogP contribution in [0.25, 0.3) is 5.57 Å². The summed E-state index contributed by atoms with van der Waals surface area (Å²) in [6.07, 6.45) is 4.18. The van der Waals surface area contributed by atoms with Gasteiger partial charge in [0.15, 0.2) is 11.6 Å². The average molecular weight is 451 g/mol. The maximum absolute atomic E-state index is 14.6. The van der Waals surface area contributed by atoms with Gasteiger partial charge < -0.3 is 30.3 Å². The molecule has 4 N–H and O–H groups in total. The second-order valence-electron chi connectivity index (χ2n) is 8.44. The van der Waals surface area contributed by atoms with Gasteiger partial charge in [-0.1, -0.05) is 12.1 Å². The van der Waals surface area contributed by atoms with E-state index in [2.05, 4.69) is 5.32 Å². The average Bonchev–Trinajstić information content (AvgIpc) is 2.82. The van der Waals surface area contributed by atoms with Crippen LogP contribution in [0.2, 0.25) is 0 Å². The summed E-state index contributed by atoms with van der Waals surface area (Å²) < 4.78 is 20.3. The summed E-state index contributed by atoms with van der Waals surface area (Å²) in [5, 5.41) is 29.8. The molecule has 1 aromatic rings. The number of rotatable bonds is 8. The molecule has 1 heterocycles. The number of benzene rings is 1. The fourth-order valence-corrected chi connectivity index (χ4v) is 4.12. The molecule has 1 saturated heterocycles. The van der Waals surface area contributed by atoms with E-state index in [1.165, 1.54) is 11.0 Å². The zero-order chi connectivity index (χ0) is 23.1. The summed E-state index contributed by atoms with van der Waals surface area (Å²) in [6, 6.07) is 4.22. The Labute approximate surface area is 186 Å². The van der Waals surface area contributed by atoms with Gasteiger partial charge >= 0.3 is 6.09 Å². The molecular weight excluding hydrogens is 419 g/mol. The number of likely N-dealkylation sites (tertiary alicyclic amines) is 1. The van der Waals surface area contributed by atoms with Crippen LogP contribution in [0.4, 0.5) is 9.18 Å². The van der Waals surface area contributed by atoms with E-state index in [1.807, 2.05) is 12.1 Å². The number of nitrogens with zero attached hydrogens (tertiary/aromatic N) is 1. The molecule has 2 amide bonds. The molecular formula is C23H31FN2O6. The van der Waals surface area contributed by atoms with Gasteiger partial charge in [0.2, 0.25) is 5.91 Å². The first-order valence-electron chi connectivity index (χ1n) is 11.0. The first-order valence-corrected chi connectivity index (χ1v) is 11.0. The van der Waals surface area contributed by atoms with Crippen LogP contribution in [0.1, 0.15) is 37.7 Å². The van der Waals surface area contributed by atoms with Gasteiger partial charge in [-0.25, -0.2) is 9.18 Å². The number of nitrogens with one attached hydrogen (secondary N) is 1. The fourth-order valence-electron chi connectivity index (χ4n) is 4.12. The van der Waals surface area contributed by atoms with Crippen LogP contribution < -0.4 is 10.1 Å². The van der Waals surface area contributed by atoms with Gasteiger partial charge in [0.25, 0.3) is 0 Å². The van der Waals surface area contributed by atoms with Crippen molar-refractivity contribution in [2.45, 2.75) is 38.1 Å². The number of hydrogen-bond acceptors (Lipinski definition) is 5. The monoisotopic (exact) mass is 450 g/mol. The molecule has 32 heavy (non-hydrogen) atoms. The molecule has 1 aliphatic carbocycles. The smallest absolute Gasteiger partial charge is 0.407 e. The lowest BCUT2D eigenvalue weighted by Crippen LogP contribution is -2.43. The predicted molar refractivity (Wildman–Crippen MR) is 116 cm³/mol. The molecule has 1 aromatic carbocycles. The van der Waals surface area contributed by atoms with E-state index in [0.717, 1.165) is 11.1 Å². The lowest BCUT2D eigenvalue weighted by molar-refractivity contribution is -0.126. The third kappa shape index (κ3) is 6.20. The van der Waals surface area contributed by atoms with Crippen molar-refractivity contribution in [1.82, 2.24) is 10.2 Å². The third-order valence-corrected chi connectivity index (χ3v) is 6.23. The molecule has 0 spiro atoms. The Bertz CT molecular complexity index is 834. The summed E-state index contributed by atoms with van der Waals surface area (Å²) in [5.74, 6) is -0.496. The molecule has 9 heteroatoms. The molecule has 176 valence electrons. The maximum atomic E-state index is 14.6. The van der Waals surface area contributed by atoms with Crippen molar-refractivity contribution in [3.63, 3.8) is 0 Å². The minimum atomic E-state index is -0.908. The van der Waals surface area contributed by atoms with Gasteiger partial charge in [-0.15, -0.1) is 0 Å². The topological polar surface area (TPSA) is 119 Å².